The standard InChI is InChI=1S/C11H17N3/c1-9-11(12)5-7-14(9)8-10-4-2-3-6-13-10/h2-4,6,9,11H,5,7-8,12H2,1H3. The summed E-state index contributed by atoms with van der Waals surface area (Å²) in [5, 5.41) is 0. The molecule has 0 bridgehead atoms. The van der Waals surface area contributed by atoms with Gasteiger partial charge in [-0.05, 0) is 25.5 Å². The van der Waals surface area contributed by atoms with Crippen molar-refractivity contribution < 1.29 is 0 Å². The Kier molecular flexibility index (Phi) is 2.79. The number of nitrogens with zero attached hydrogens (tertiary/aromatic N) is 2. The third-order valence-corrected chi connectivity index (χ3v) is 3.04. The van der Waals surface area contributed by atoms with Crippen LogP contribution in [0.4, 0.5) is 0 Å². The number of hydrogen-bond donors (Lipinski definition) is 1. The van der Waals surface area contributed by atoms with Crippen LogP contribution in [0.5, 0.6) is 0 Å². The second kappa shape index (κ2) is 4.07. The lowest BCUT2D eigenvalue weighted by molar-refractivity contribution is 0.249. The average Bonchev–Trinajstić information content (AvgIpc) is 2.52. The zero-order valence-corrected chi connectivity index (χ0v) is 8.56. The summed E-state index contributed by atoms with van der Waals surface area (Å²) < 4.78 is 0. The summed E-state index contributed by atoms with van der Waals surface area (Å²) in [5.74, 6) is 0. The highest BCUT2D eigenvalue weighted by Crippen LogP contribution is 2.17. The van der Waals surface area contributed by atoms with Gasteiger partial charge in [0.25, 0.3) is 0 Å². The van der Waals surface area contributed by atoms with Crippen LogP contribution in [0.3, 0.4) is 0 Å². The van der Waals surface area contributed by atoms with Crippen molar-refractivity contribution >= 4 is 0 Å². The Labute approximate surface area is 84.9 Å². The first-order valence-corrected chi connectivity index (χ1v) is 5.17. The van der Waals surface area contributed by atoms with E-state index in [0.29, 0.717) is 12.1 Å². The predicted octanol–water partition coefficient (Wildman–Crippen LogP) is 1.00. The van der Waals surface area contributed by atoms with Crippen LogP contribution < -0.4 is 5.73 Å². The Morgan fingerprint density at radius 1 is 1.57 bits per heavy atom. The third kappa shape index (κ3) is 1.94. The van der Waals surface area contributed by atoms with Crippen LogP contribution in [-0.4, -0.2) is 28.5 Å². The van der Waals surface area contributed by atoms with E-state index in [4.69, 9.17) is 5.73 Å². The van der Waals surface area contributed by atoms with E-state index >= 15 is 0 Å². The second-order valence-electron chi connectivity index (χ2n) is 3.98. The monoisotopic (exact) mass is 191 g/mol. The van der Waals surface area contributed by atoms with Gasteiger partial charge < -0.3 is 5.73 Å². The van der Waals surface area contributed by atoms with Gasteiger partial charge in [-0.15, -0.1) is 0 Å². The molecule has 0 amide bonds. The van der Waals surface area contributed by atoms with Crippen molar-refractivity contribution in [3.05, 3.63) is 30.1 Å². The van der Waals surface area contributed by atoms with E-state index in [0.717, 1.165) is 25.2 Å². The summed E-state index contributed by atoms with van der Waals surface area (Å²) in [6, 6.07) is 6.86. The van der Waals surface area contributed by atoms with E-state index in [1.165, 1.54) is 0 Å². The highest BCUT2D eigenvalue weighted by molar-refractivity contribution is 5.04. The van der Waals surface area contributed by atoms with Crippen LogP contribution in [0.15, 0.2) is 24.4 Å². The minimum absolute atomic E-state index is 0.332. The molecule has 2 heterocycles. The van der Waals surface area contributed by atoms with Gasteiger partial charge in [-0.2, -0.15) is 0 Å². The summed E-state index contributed by atoms with van der Waals surface area (Å²) in [6.45, 7) is 4.22. The van der Waals surface area contributed by atoms with E-state index in [9.17, 15) is 0 Å². The van der Waals surface area contributed by atoms with Gasteiger partial charge in [-0.3, -0.25) is 9.88 Å². The molecule has 76 valence electrons. The number of nitrogens with two attached hydrogens (primary N) is 1. The maximum Gasteiger partial charge on any atom is 0.0544 e. The van der Waals surface area contributed by atoms with E-state index in [-0.39, 0.29) is 0 Å². The van der Waals surface area contributed by atoms with E-state index in [1.807, 2.05) is 18.3 Å². The third-order valence-electron chi connectivity index (χ3n) is 3.04. The van der Waals surface area contributed by atoms with Gasteiger partial charge in [0.05, 0.1) is 5.69 Å². The Balaban J connectivity index is 1.99. The van der Waals surface area contributed by atoms with Crippen molar-refractivity contribution in [1.82, 2.24) is 9.88 Å². The predicted molar refractivity (Wildman–Crippen MR) is 56.7 cm³/mol. The molecule has 1 aliphatic heterocycles. The minimum atomic E-state index is 0.332. The largest absolute Gasteiger partial charge is 0.326 e. The topological polar surface area (TPSA) is 42.1 Å². The molecular formula is C11H17N3. The van der Waals surface area contributed by atoms with Crippen LogP contribution in [0.2, 0.25) is 0 Å². The summed E-state index contributed by atoms with van der Waals surface area (Å²) in [6.07, 6.45) is 2.95. The van der Waals surface area contributed by atoms with Crippen LogP contribution >= 0.6 is 0 Å². The number of likely N-dealkylation sites (tertiary alicyclic amines) is 1. The van der Waals surface area contributed by atoms with Gasteiger partial charge in [-0.25, -0.2) is 0 Å². The zero-order valence-electron chi connectivity index (χ0n) is 8.56. The van der Waals surface area contributed by atoms with Gasteiger partial charge in [-0.1, -0.05) is 6.07 Å². The van der Waals surface area contributed by atoms with Crippen molar-refractivity contribution in [1.29, 1.82) is 0 Å². The molecule has 1 aromatic heterocycles. The Hall–Kier alpha value is -0.930. The molecule has 2 unspecified atom stereocenters. The Morgan fingerprint density at radius 3 is 3.00 bits per heavy atom. The average molecular weight is 191 g/mol. The van der Waals surface area contributed by atoms with E-state index < -0.39 is 0 Å². The van der Waals surface area contributed by atoms with Crippen LogP contribution in [0, 0.1) is 0 Å². The second-order valence-corrected chi connectivity index (χ2v) is 3.98. The molecule has 2 rings (SSSR count). The van der Waals surface area contributed by atoms with Gasteiger partial charge in [0.1, 0.15) is 0 Å². The van der Waals surface area contributed by atoms with Crippen molar-refractivity contribution in [3.8, 4) is 0 Å². The number of aromatic nitrogens is 1. The minimum Gasteiger partial charge on any atom is -0.326 e. The fraction of sp³-hybridized carbons (Fsp3) is 0.545. The molecule has 2 N–H and O–H groups in total. The zero-order chi connectivity index (χ0) is 9.97. The van der Waals surface area contributed by atoms with Crippen LogP contribution in [-0.2, 0) is 6.54 Å². The molecule has 1 fully saturated rings. The molecule has 3 heteroatoms. The first-order valence-electron chi connectivity index (χ1n) is 5.17. The number of pyridine rings is 1. The molecule has 0 radical (unpaired) electrons. The lowest BCUT2D eigenvalue weighted by Crippen LogP contribution is -2.36. The summed E-state index contributed by atoms with van der Waals surface area (Å²) >= 11 is 0. The molecule has 3 nitrogen and oxygen atoms in total. The lowest BCUT2D eigenvalue weighted by Gasteiger charge is -2.22. The highest BCUT2D eigenvalue weighted by atomic mass is 15.2. The number of hydrogen-bond acceptors (Lipinski definition) is 3. The SMILES string of the molecule is CC1C(N)CCN1Cc1ccccn1. The Morgan fingerprint density at radius 2 is 2.43 bits per heavy atom. The normalized spacial score (nSPS) is 28.1. The van der Waals surface area contributed by atoms with Crippen LogP contribution in [0.1, 0.15) is 19.0 Å². The maximum absolute atomic E-state index is 5.96. The number of rotatable bonds is 2. The van der Waals surface area contributed by atoms with E-state index in [1.54, 1.807) is 0 Å². The molecule has 1 saturated heterocycles. The molecule has 14 heavy (non-hydrogen) atoms. The van der Waals surface area contributed by atoms with Gasteiger partial charge in [0.2, 0.25) is 0 Å². The van der Waals surface area contributed by atoms with Gasteiger partial charge >= 0.3 is 0 Å². The quantitative estimate of drug-likeness (QED) is 0.758. The van der Waals surface area contributed by atoms with Crippen molar-refractivity contribution in [2.24, 2.45) is 5.73 Å². The molecule has 0 saturated carbocycles. The van der Waals surface area contributed by atoms with Crippen LogP contribution in [0.25, 0.3) is 0 Å². The van der Waals surface area contributed by atoms with Crippen molar-refractivity contribution in [2.75, 3.05) is 6.54 Å². The summed E-state index contributed by atoms with van der Waals surface area (Å²) in [7, 11) is 0. The summed E-state index contributed by atoms with van der Waals surface area (Å²) in [5.41, 5.74) is 7.09. The molecule has 2 atom stereocenters. The molecule has 0 spiro atoms. The van der Waals surface area contributed by atoms with Gasteiger partial charge in [0, 0.05) is 31.4 Å². The van der Waals surface area contributed by atoms with Gasteiger partial charge in [0.15, 0.2) is 0 Å². The fourth-order valence-corrected chi connectivity index (χ4v) is 1.95. The summed E-state index contributed by atoms with van der Waals surface area (Å²) in [4.78, 5) is 6.72. The highest BCUT2D eigenvalue weighted by Gasteiger charge is 2.27. The molecule has 1 aliphatic rings. The Bertz CT molecular complexity index is 286. The first-order chi connectivity index (χ1) is 6.77. The smallest absolute Gasteiger partial charge is 0.0544 e. The first kappa shape index (κ1) is 9.62. The van der Waals surface area contributed by atoms with E-state index in [2.05, 4.69) is 22.9 Å². The molecule has 0 aliphatic carbocycles. The fourth-order valence-electron chi connectivity index (χ4n) is 1.95. The maximum atomic E-state index is 5.96. The molecular weight excluding hydrogens is 174 g/mol. The van der Waals surface area contributed by atoms with Crippen molar-refractivity contribution in [3.63, 3.8) is 0 Å². The van der Waals surface area contributed by atoms with Crippen molar-refractivity contribution in [2.45, 2.75) is 32.0 Å². The molecule has 0 aromatic carbocycles. The lowest BCUT2D eigenvalue weighted by atomic mass is 10.2. The molecule has 1 aromatic rings.